The Labute approximate surface area is 131 Å². The van der Waals surface area contributed by atoms with Gasteiger partial charge in [0, 0.05) is 11.7 Å². The van der Waals surface area contributed by atoms with E-state index in [9.17, 15) is 4.79 Å². The number of halogens is 1. The molecule has 112 valence electrons. The molecule has 0 aromatic heterocycles. The molecule has 0 unspecified atom stereocenters. The highest BCUT2D eigenvalue weighted by Crippen LogP contribution is 2.19. The number of benzene rings is 2. The number of esters is 1. The zero-order valence-electron chi connectivity index (χ0n) is 12.2. The summed E-state index contributed by atoms with van der Waals surface area (Å²) < 4.78 is 4.97. The molecule has 0 radical (unpaired) electrons. The van der Waals surface area contributed by atoms with Crippen molar-refractivity contribution in [1.29, 1.82) is 0 Å². The summed E-state index contributed by atoms with van der Waals surface area (Å²) in [6, 6.07) is 17.7. The van der Waals surface area contributed by atoms with E-state index in [-0.39, 0.29) is 24.4 Å². The second-order valence-electron chi connectivity index (χ2n) is 4.57. The molecule has 0 aliphatic carbocycles. The third kappa shape index (κ3) is 4.80. The summed E-state index contributed by atoms with van der Waals surface area (Å²) in [5.41, 5.74) is 2.79. The summed E-state index contributed by atoms with van der Waals surface area (Å²) in [5, 5.41) is 3.42. The van der Waals surface area contributed by atoms with E-state index >= 15 is 0 Å². The fraction of sp³-hybridized carbons (Fsp3) is 0.235. The Morgan fingerprint density at radius 3 is 2.29 bits per heavy atom. The van der Waals surface area contributed by atoms with Crippen LogP contribution in [0.2, 0.25) is 0 Å². The van der Waals surface area contributed by atoms with Crippen molar-refractivity contribution in [3.63, 3.8) is 0 Å². The molecular weight excluding hydrogens is 286 g/mol. The van der Waals surface area contributed by atoms with E-state index in [1.54, 1.807) is 19.1 Å². The van der Waals surface area contributed by atoms with Gasteiger partial charge in [-0.3, -0.25) is 0 Å². The number of para-hydroxylation sites is 1. The number of carbonyl (C=O) groups is 1. The lowest BCUT2D eigenvalue weighted by atomic mass is 10.1. The van der Waals surface area contributed by atoms with Crippen molar-refractivity contribution in [3.05, 3.63) is 65.7 Å². The molecule has 2 aromatic rings. The van der Waals surface area contributed by atoms with Crippen molar-refractivity contribution in [2.75, 3.05) is 11.9 Å². The van der Waals surface area contributed by atoms with E-state index in [1.165, 1.54) is 0 Å². The van der Waals surface area contributed by atoms with Crippen LogP contribution in [-0.2, 0) is 4.74 Å². The van der Waals surface area contributed by atoms with Crippen LogP contribution in [0.5, 0.6) is 0 Å². The summed E-state index contributed by atoms with van der Waals surface area (Å²) in [7, 11) is 0. The van der Waals surface area contributed by atoms with Gasteiger partial charge in [0.2, 0.25) is 0 Å². The molecule has 0 saturated carbocycles. The Morgan fingerprint density at radius 1 is 1.10 bits per heavy atom. The third-order valence-electron chi connectivity index (χ3n) is 3.08. The molecule has 0 spiro atoms. The maximum atomic E-state index is 11.6. The van der Waals surface area contributed by atoms with E-state index in [4.69, 9.17) is 4.74 Å². The van der Waals surface area contributed by atoms with Crippen molar-refractivity contribution < 1.29 is 9.53 Å². The van der Waals surface area contributed by atoms with Crippen molar-refractivity contribution >= 4 is 24.1 Å². The molecule has 21 heavy (non-hydrogen) atoms. The van der Waals surface area contributed by atoms with Gasteiger partial charge < -0.3 is 10.1 Å². The molecule has 0 aliphatic rings. The summed E-state index contributed by atoms with van der Waals surface area (Å²) >= 11 is 0. The number of hydrogen-bond donors (Lipinski definition) is 1. The zero-order valence-corrected chi connectivity index (χ0v) is 13.0. The van der Waals surface area contributed by atoms with Crippen LogP contribution in [0.4, 0.5) is 5.69 Å². The second kappa shape index (κ2) is 8.32. The lowest BCUT2D eigenvalue weighted by Gasteiger charge is -2.16. The van der Waals surface area contributed by atoms with Gasteiger partial charge in [0.25, 0.3) is 0 Å². The van der Waals surface area contributed by atoms with Crippen LogP contribution in [0.3, 0.4) is 0 Å². The predicted octanol–water partition coefficient (Wildman–Crippen LogP) is 4.46. The van der Waals surface area contributed by atoms with E-state index in [0.29, 0.717) is 12.2 Å². The summed E-state index contributed by atoms with van der Waals surface area (Å²) in [6.45, 7) is 4.29. The van der Waals surface area contributed by atoms with Crippen LogP contribution in [-0.4, -0.2) is 12.6 Å². The largest absolute Gasteiger partial charge is 0.462 e. The van der Waals surface area contributed by atoms with Crippen molar-refractivity contribution in [2.24, 2.45) is 0 Å². The van der Waals surface area contributed by atoms with Crippen molar-refractivity contribution in [3.8, 4) is 0 Å². The molecule has 0 amide bonds. The molecular formula is C17H20ClNO2. The van der Waals surface area contributed by atoms with Crippen LogP contribution in [0.1, 0.15) is 35.8 Å². The van der Waals surface area contributed by atoms with Gasteiger partial charge in [-0.05, 0) is 43.7 Å². The molecule has 2 aromatic carbocycles. The van der Waals surface area contributed by atoms with Gasteiger partial charge in [-0.2, -0.15) is 0 Å². The Hall–Kier alpha value is -2.00. The lowest BCUT2D eigenvalue weighted by molar-refractivity contribution is 0.0526. The first-order chi connectivity index (χ1) is 9.70. The summed E-state index contributed by atoms with van der Waals surface area (Å²) in [6.07, 6.45) is 0. The van der Waals surface area contributed by atoms with Crippen LogP contribution in [0.25, 0.3) is 0 Å². The Bertz CT molecular complexity index is 555. The van der Waals surface area contributed by atoms with E-state index in [1.807, 2.05) is 42.5 Å². The van der Waals surface area contributed by atoms with E-state index in [2.05, 4.69) is 12.2 Å². The molecule has 2 rings (SSSR count). The fourth-order valence-corrected chi connectivity index (χ4v) is 1.99. The number of rotatable bonds is 5. The monoisotopic (exact) mass is 305 g/mol. The fourth-order valence-electron chi connectivity index (χ4n) is 1.99. The van der Waals surface area contributed by atoms with E-state index in [0.717, 1.165) is 11.3 Å². The Kier molecular flexibility index (Phi) is 6.76. The quantitative estimate of drug-likeness (QED) is 0.829. The minimum absolute atomic E-state index is 0. The van der Waals surface area contributed by atoms with Gasteiger partial charge in [0.1, 0.15) is 0 Å². The van der Waals surface area contributed by atoms with Crippen LogP contribution >= 0.6 is 12.4 Å². The maximum Gasteiger partial charge on any atom is 0.338 e. The minimum Gasteiger partial charge on any atom is -0.462 e. The highest BCUT2D eigenvalue weighted by Gasteiger charge is 2.09. The van der Waals surface area contributed by atoms with Crippen LogP contribution in [0, 0.1) is 0 Å². The first-order valence-electron chi connectivity index (χ1n) is 6.79. The van der Waals surface area contributed by atoms with Crippen LogP contribution < -0.4 is 5.32 Å². The molecule has 4 heteroatoms. The van der Waals surface area contributed by atoms with Gasteiger partial charge in [-0.15, -0.1) is 12.4 Å². The van der Waals surface area contributed by atoms with Crippen LogP contribution in [0.15, 0.2) is 54.6 Å². The number of anilines is 1. The first-order valence-corrected chi connectivity index (χ1v) is 6.79. The molecule has 0 fully saturated rings. The highest BCUT2D eigenvalue weighted by atomic mass is 35.5. The summed E-state index contributed by atoms with van der Waals surface area (Å²) in [4.78, 5) is 11.6. The topological polar surface area (TPSA) is 38.3 Å². The van der Waals surface area contributed by atoms with Crippen molar-refractivity contribution in [2.45, 2.75) is 19.9 Å². The number of carbonyl (C=O) groups excluding carboxylic acids is 1. The van der Waals surface area contributed by atoms with Gasteiger partial charge in [-0.1, -0.05) is 30.3 Å². The maximum absolute atomic E-state index is 11.6. The number of hydrogen-bond acceptors (Lipinski definition) is 3. The zero-order chi connectivity index (χ0) is 14.4. The van der Waals surface area contributed by atoms with Gasteiger partial charge in [0.15, 0.2) is 0 Å². The number of nitrogens with one attached hydrogen (secondary N) is 1. The van der Waals surface area contributed by atoms with E-state index < -0.39 is 0 Å². The second-order valence-corrected chi connectivity index (χ2v) is 4.57. The third-order valence-corrected chi connectivity index (χ3v) is 3.08. The number of ether oxygens (including phenoxy) is 1. The average Bonchev–Trinajstić information content (AvgIpc) is 2.48. The minimum atomic E-state index is -0.275. The first kappa shape index (κ1) is 17.1. The Morgan fingerprint density at radius 2 is 1.71 bits per heavy atom. The smallest absolute Gasteiger partial charge is 0.338 e. The Balaban J connectivity index is 0.00000220. The molecule has 0 bridgehead atoms. The van der Waals surface area contributed by atoms with Crippen molar-refractivity contribution in [1.82, 2.24) is 0 Å². The predicted molar refractivity (Wildman–Crippen MR) is 88.1 cm³/mol. The van der Waals surface area contributed by atoms with Gasteiger partial charge >= 0.3 is 5.97 Å². The van der Waals surface area contributed by atoms with Gasteiger partial charge in [0.05, 0.1) is 12.2 Å². The normalized spacial score (nSPS) is 11.1. The molecule has 0 saturated heterocycles. The lowest BCUT2D eigenvalue weighted by Crippen LogP contribution is -2.08. The molecule has 0 heterocycles. The highest BCUT2D eigenvalue weighted by molar-refractivity contribution is 5.89. The molecule has 3 nitrogen and oxygen atoms in total. The molecule has 1 N–H and O–H groups in total. The molecule has 1 atom stereocenters. The standard InChI is InChI=1S/C17H19NO2.ClH/c1-3-20-17(19)15-11-9-14(10-12-15)13(2)18-16-7-5-4-6-8-16;/h4-13,18H,3H2,1-2H3;1H/t13-;/m0./s1. The summed E-state index contributed by atoms with van der Waals surface area (Å²) in [5.74, 6) is -0.275. The SMILES string of the molecule is CCOC(=O)c1ccc([C@H](C)Nc2ccccc2)cc1.Cl. The molecule has 0 aliphatic heterocycles. The average molecular weight is 306 g/mol. The van der Waals surface area contributed by atoms with Gasteiger partial charge in [-0.25, -0.2) is 4.79 Å².